The molecule has 1 amide bonds. The van der Waals surface area contributed by atoms with Crippen LogP contribution in [-0.2, 0) is 9.59 Å². The van der Waals surface area contributed by atoms with Gasteiger partial charge in [0.25, 0.3) is 0 Å². The van der Waals surface area contributed by atoms with Crippen molar-refractivity contribution in [3.63, 3.8) is 0 Å². The fraction of sp³-hybridized carbons (Fsp3) is 0.500. The standard InChI is InChI=1S/C16H24N2O3/c1-12-7-5-8-13(11-12)17-14(19)9-6-10-18(4)16(2,3)15(20)21/h5,7-8,11H,6,9-10H2,1-4H3,(H,17,19)(H,20,21). The number of likely N-dealkylation sites (N-methyl/N-ethyl adjacent to an activating group) is 1. The summed E-state index contributed by atoms with van der Waals surface area (Å²) in [5, 5.41) is 12.0. The number of hydrogen-bond acceptors (Lipinski definition) is 3. The van der Waals surface area contributed by atoms with Gasteiger partial charge < -0.3 is 10.4 Å². The lowest BCUT2D eigenvalue weighted by molar-refractivity contribution is -0.148. The molecule has 0 radical (unpaired) electrons. The van der Waals surface area contributed by atoms with Crippen molar-refractivity contribution >= 4 is 17.6 Å². The van der Waals surface area contributed by atoms with Gasteiger partial charge in [-0.15, -0.1) is 0 Å². The van der Waals surface area contributed by atoms with Crippen molar-refractivity contribution in [2.45, 2.75) is 39.2 Å². The van der Waals surface area contributed by atoms with Crippen molar-refractivity contribution in [3.8, 4) is 0 Å². The van der Waals surface area contributed by atoms with Gasteiger partial charge in [-0.1, -0.05) is 12.1 Å². The molecule has 0 heterocycles. The topological polar surface area (TPSA) is 69.6 Å². The number of amides is 1. The number of nitrogens with one attached hydrogen (secondary N) is 1. The molecule has 1 aromatic rings. The van der Waals surface area contributed by atoms with Crippen molar-refractivity contribution in [1.29, 1.82) is 0 Å². The Kier molecular flexibility index (Phi) is 5.90. The van der Waals surface area contributed by atoms with Crippen LogP contribution in [0.5, 0.6) is 0 Å². The molecule has 0 saturated carbocycles. The van der Waals surface area contributed by atoms with E-state index in [4.69, 9.17) is 5.11 Å². The van der Waals surface area contributed by atoms with Gasteiger partial charge in [-0.05, 0) is 58.5 Å². The lowest BCUT2D eigenvalue weighted by atomic mass is 10.0. The summed E-state index contributed by atoms with van der Waals surface area (Å²) in [5.74, 6) is -0.920. The number of carbonyl (C=O) groups is 2. The summed E-state index contributed by atoms with van der Waals surface area (Å²) in [7, 11) is 1.76. The molecule has 0 aromatic heterocycles. The van der Waals surface area contributed by atoms with Crippen LogP contribution in [0.25, 0.3) is 0 Å². The monoisotopic (exact) mass is 292 g/mol. The van der Waals surface area contributed by atoms with Crippen LogP contribution in [0.4, 0.5) is 5.69 Å². The van der Waals surface area contributed by atoms with Crippen LogP contribution < -0.4 is 5.32 Å². The number of aryl methyl sites for hydroxylation is 1. The molecule has 0 aliphatic heterocycles. The maximum atomic E-state index is 11.8. The van der Waals surface area contributed by atoms with Crippen molar-refractivity contribution in [2.75, 3.05) is 18.9 Å². The highest BCUT2D eigenvalue weighted by Gasteiger charge is 2.31. The van der Waals surface area contributed by atoms with E-state index in [-0.39, 0.29) is 5.91 Å². The zero-order valence-corrected chi connectivity index (χ0v) is 13.1. The minimum atomic E-state index is -0.924. The highest BCUT2D eigenvalue weighted by Crippen LogP contribution is 2.14. The van der Waals surface area contributed by atoms with E-state index in [1.807, 2.05) is 31.2 Å². The lowest BCUT2D eigenvalue weighted by Gasteiger charge is -2.31. The summed E-state index contributed by atoms with van der Waals surface area (Å²) in [6.45, 7) is 5.84. The molecule has 5 nitrogen and oxygen atoms in total. The van der Waals surface area contributed by atoms with Gasteiger partial charge in [0.1, 0.15) is 5.54 Å². The molecule has 0 aliphatic rings. The van der Waals surface area contributed by atoms with E-state index in [2.05, 4.69) is 5.32 Å². The van der Waals surface area contributed by atoms with Crippen LogP contribution in [0.2, 0.25) is 0 Å². The average molecular weight is 292 g/mol. The number of carbonyl (C=O) groups excluding carboxylic acids is 1. The van der Waals surface area contributed by atoms with Gasteiger partial charge in [-0.3, -0.25) is 14.5 Å². The minimum absolute atomic E-state index is 0.0536. The first-order chi connectivity index (χ1) is 9.73. The Morgan fingerprint density at radius 2 is 2.00 bits per heavy atom. The first-order valence-corrected chi connectivity index (χ1v) is 7.04. The molecule has 1 rings (SSSR count). The second-order valence-electron chi connectivity index (χ2n) is 5.81. The number of benzene rings is 1. The number of carboxylic acids is 1. The first-order valence-electron chi connectivity index (χ1n) is 7.04. The molecule has 0 spiro atoms. The predicted octanol–water partition coefficient (Wildman–Crippen LogP) is 2.51. The van der Waals surface area contributed by atoms with E-state index < -0.39 is 11.5 Å². The molecule has 2 N–H and O–H groups in total. The molecule has 0 unspecified atom stereocenters. The summed E-state index contributed by atoms with van der Waals surface area (Å²) >= 11 is 0. The van der Waals surface area contributed by atoms with Crippen LogP contribution in [0, 0.1) is 6.92 Å². The molecule has 116 valence electrons. The zero-order valence-electron chi connectivity index (χ0n) is 13.1. The normalized spacial score (nSPS) is 11.5. The quantitative estimate of drug-likeness (QED) is 0.810. The lowest BCUT2D eigenvalue weighted by Crippen LogP contribution is -2.48. The molecular weight excluding hydrogens is 268 g/mol. The summed E-state index contributed by atoms with van der Waals surface area (Å²) in [6, 6.07) is 7.63. The van der Waals surface area contributed by atoms with Crippen LogP contribution >= 0.6 is 0 Å². The molecule has 0 atom stereocenters. The third-order valence-electron chi connectivity index (χ3n) is 3.68. The first kappa shape index (κ1) is 17.2. The van der Waals surface area contributed by atoms with Crippen LogP contribution in [0.15, 0.2) is 24.3 Å². The van der Waals surface area contributed by atoms with Gasteiger partial charge in [-0.25, -0.2) is 0 Å². The van der Waals surface area contributed by atoms with Gasteiger partial charge in [0, 0.05) is 12.1 Å². The van der Waals surface area contributed by atoms with Crippen LogP contribution in [-0.4, -0.2) is 41.0 Å². The van der Waals surface area contributed by atoms with Gasteiger partial charge in [-0.2, -0.15) is 0 Å². The Labute approximate surface area is 126 Å². The Hall–Kier alpha value is -1.88. The number of rotatable bonds is 7. The van der Waals surface area contributed by atoms with Gasteiger partial charge in [0.15, 0.2) is 0 Å². The predicted molar refractivity (Wildman–Crippen MR) is 83.4 cm³/mol. The number of carboxylic acid groups (broad SMARTS) is 1. The highest BCUT2D eigenvalue weighted by molar-refractivity contribution is 5.90. The molecule has 0 aliphatic carbocycles. The number of nitrogens with zero attached hydrogens (tertiary/aromatic N) is 1. The Morgan fingerprint density at radius 3 is 2.57 bits per heavy atom. The maximum absolute atomic E-state index is 11.8. The maximum Gasteiger partial charge on any atom is 0.323 e. The summed E-state index contributed by atoms with van der Waals surface area (Å²) in [4.78, 5) is 24.7. The summed E-state index contributed by atoms with van der Waals surface area (Å²) in [5.41, 5.74) is 0.961. The SMILES string of the molecule is Cc1cccc(NC(=O)CCCN(C)C(C)(C)C(=O)O)c1. The van der Waals surface area contributed by atoms with E-state index in [1.54, 1.807) is 25.8 Å². The Morgan fingerprint density at radius 1 is 1.33 bits per heavy atom. The van der Waals surface area contributed by atoms with E-state index >= 15 is 0 Å². The number of anilines is 1. The summed E-state index contributed by atoms with van der Waals surface area (Å²) < 4.78 is 0. The number of hydrogen-bond donors (Lipinski definition) is 2. The van der Waals surface area contributed by atoms with Crippen LogP contribution in [0.1, 0.15) is 32.3 Å². The molecular formula is C16H24N2O3. The molecule has 1 aromatic carbocycles. The van der Waals surface area contributed by atoms with E-state index in [9.17, 15) is 9.59 Å². The largest absolute Gasteiger partial charge is 0.480 e. The van der Waals surface area contributed by atoms with Gasteiger partial charge >= 0.3 is 5.97 Å². The Balaban J connectivity index is 2.39. The summed E-state index contributed by atoms with van der Waals surface area (Å²) in [6.07, 6.45) is 0.985. The molecule has 5 heteroatoms. The fourth-order valence-corrected chi connectivity index (χ4v) is 1.87. The second-order valence-corrected chi connectivity index (χ2v) is 5.81. The van der Waals surface area contributed by atoms with E-state index in [0.29, 0.717) is 19.4 Å². The van der Waals surface area contributed by atoms with Gasteiger partial charge in [0.2, 0.25) is 5.91 Å². The van der Waals surface area contributed by atoms with Gasteiger partial charge in [0.05, 0.1) is 0 Å². The fourth-order valence-electron chi connectivity index (χ4n) is 1.87. The number of aliphatic carboxylic acids is 1. The zero-order chi connectivity index (χ0) is 16.0. The highest BCUT2D eigenvalue weighted by atomic mass is 16.4. The Bertz CT molecular complexity index is 512. The van der Waals surface area contributed by atoms with E-state index in [0.717, 1.165) is 11.3 Å². The second kappa shape index (κ2) is 7.22. The van der Waals surface area contributed by atoms with Crippen molar-refractivity contribution in [2.24, 2.45) is 0 Å². The molecule has 0 saturated heterocycles. The average Bonchev–Trinajstić information content (AvgIpc) is 2.38. The third kappa shape index (κ3) is 5.19. The minimum Gasteiger partial charge on any atom is -0.480 e. The third-order valence-corrected chi connectivity index (χ3v) is 3.68. The molecule has 0 fully saturated rings. The molecule has 0 bridgehead atoms. The van der Waals surface area contributed by atoms with Crippen molar-refractivity contribution < 1.29 is 14.7 Å². The molecule has 21 heavy (non-hydrogen) atoms. The van der Waals surface area contributed by atoms with E-state index in [1.165, 1.54) is 0 Å². The van der Waals surface area contributed by atoms with Crippen molar-refractivity contribution in [3.05, 3.63) is 29.8 Å². The van der Waals surface area contributed by atoms with Crippen molar-refractivity contribution in [1.82, 2.24) is 4.90 Å². The van der Waals surface area contributed by atoms with Crippen LogP contribution in [0.3, 0.4) is 0 Å². The smallest absolute Gasteiger partial charge is 0.323 e.